The van der Waals surface area contributed by atoms with Crippen LogP contribution < -0.4 is 4.74 Å². The molecule has 0 unspecified atom stereocenters. The van der Waals surface area contributed by atoms with Gasteiger partial charge < -0.3 is 14.7 Å². The van der Waals surface area contributed by atoms with E-state index >= 15 is 0 Å². The Labute approximate surface area is 119 Å². The van der Waals surface area contributed by atoms with Crippen molar-refractivity contribution in [1.29, 1.82) is 5.26 Å². The summed E-state index contributed by atoms with van der Waals surface area (Å²) >= 11 is 0. The van der Waals surface area contributed by atoms with Crippen molar-refractivity contribution in [2.24, 2.45) is 0 Å². The maximum Gasteiger partial charge on any atom is 0.260 e. The normalized spacial score (nSPS) is 9.85. The van der Waals surface area contributed by atoms with Gasteiger partial charge in [-0.05, 0) is 31.4 Å². The second-order valence-electron chi connectivity index (χ2n) is 4.50. The summed E-state index contributed by atoms with van der Waals surface area (Å²) in [4.78, 5) is 13.5. The smallest absolute Gasteiger partial charge is 0.260 e. The lowest BCUT2D eigenvalue weighted by Gasteiger charge is -2.17. The Hall–Kier alpha value is -2.06. The Morgan fingerprint density at radius 2 is 2.10 bits per heavy atom. The van der Waals surface area contributed by atoms with Crippen molar-refractivity contribution in [3.8, 4) is 11.8 Å². The summed E-state index contributed by atoms with van der Waals surface area (Å²) in [6.45, 7) is 0.753. The van der Waals surface area contributed by atoms with Crippen molar-refractivity contribution in [1.82, 2.24) is 4.90 Å². The van der Waals surface area contributed by atoms with Gasteiger partial charge in [0, 0.05) is 20.2 Å². The van der Waals surface area contributed by atoms with Gasteiger partial charge in [-0.3, -0.25) is 4.79 Å². The molecule has 0 spiro atoms. The van der Waals surface area contributed by atoms with Crippen LogP contribution >= 0.6 is 0 Å². The number of aliphatic hydroxyl groups excluding tert-OH is 1. The van der Waals surface area contributed by atoms with Gasteiger partial charge in [-0.25, -0.2) is 0 Å². The van der Waals surface area contributed by atoms with Crippen LogP contribution in [0, 0.1) is 11.3 Å². The molecule has 1 rings (SSSR count). The fourth-order valence-corrected chi connectivity index (χ4v) is 1.70. The van der Waals surface area contributed by atoms with Crippen LogP contribution in [0.4, 0.5) is 0 Å². The molecule has 1 aromatic rings. The molecule has 0 fully saturated rings. The zero-order chi connectivity index (χ0) is 14.8. The lowest BCUT2D eigenvalue weighted by Crippen LogP contribution is -2.32. The van der Waals surface area contributed by atoms with E-state index in [9.17, 15) is 4.79 Å². The quantitative estimate of drug-likeness (QED) is 0.731. The zero-order valence-corrected chi connectivity index (χ0v) is 11.7. The second kappa shape index (κ2) is 8.94. The van der Waals surface area contributed by atoms with Gasteiger partial charge in [0.25, 0.3) is 5.91 Å². The number of carbonyl (C=O) groups excluding carboxylic acids is 1. The third-order valence-electron chi connectivity index (χ3n) is 2.94. The van der Waals surface area contributed by atoms with E-state index in [1.165, 1.54) is 0 Å². The average Bonchev–Trinajstić information content (AvgIpc) is 2.49. The van der Waals surface area contributed by atoms with Crippen molar-refractivity contribution >= 4 is 5.91 Å². The van der Waals surface area contributed by atoms with Crippen molar-refractivity contribution in [3.63, 3.8) is 0 Å². The number of unbranched alkanes of at least 4 members (excludes halogenated alkanes) is 2. The number of nitriles is 1. The maximum absolute atomic E-state index is 11.8. The number of rotatable bonds is 8. The number of benzene rings is 1. The molecule has 5 heteroatoms. The minimum absolute atomic E-state index is 0.0742. The Bertz CT molecular complexity index is 468. The number of hydrogen-bond donors (Lipinski definition) is 1. The first kappa shape index (κ1) is 16.0. The molecular weight excluding hydrogens is 256 g/mol. The summed E-state index contributed by atoms with van der Waals surface area (Å²) < 4.78 is 5.38. The number of aliphatic hydroxyl groups is 1. The van der Waals surface area contributed by atoms with Gasteiger partial charge in [0.2, 0.25) is 0 Å². The molecule has 0 saturated carbocycles. The van der Waals surface area contributed by atoms with E-state index in [0.29, 0.717) is 17.9 Å². The highest BCUT2D eigenvalue weighted by Gasteiger charge is 2.10. The lowest BCUT2D eigenvalue weighted by atomic mass is 10.2. The molecule has 0 saturated heterocycles. The molecule has 1 amide bonds. The second-order valence-corrected chi connectivity index (χ2v) is 4.50. The van der Waals surface area contributed by atoms with Gasteiger partial charge in [0.1, 0.15) is 11.8 Å². The molecule has 1 N–H and O–H groups in total. The summed E-state index contributed by atoms with van der Waals surface area (Å²) in [5.74, 6) is 0.304. The van der Waals surface area contributed by atoms with Crippen molar-refractivity contribution in [3.05, 3.63) is 29.8 Å². The molecular formula is C15H20N2O3. The van der Waals surface area contributed by atoms with Crippen molar-refractivity contribution < 1.29 is 14.6 Å². The maximum atomic E-state index is 11.8. The van der Waals surface area contributed by atoms with E-state index in [1.54, 1.807) is 36.2 Å². The highest BCUT2D eigenvalue weighted by atomic mass is 16.5. The number of nitrogens with zero attached hydrogens (tertiary/aromatic N) is 2. The molecule has 1 aromatic carbocycles. The zero-order valence-electron chi connectivity index (χ0n) is 11.7. The molecule has 0 heterocycles. The van der Waals surface area contributed by atoms with Crippen LogP contribution in [0.5, 0.6) is 5.75 Å². The van der Waals surface area contributed by atoms with E-state index in [0.717, 1.165) is 19.3 Å². The Morgan fingerprint density at radius 1 is 1.35 bits per heavy atom. The molecule has 0 aliphatic heterocycles. The van der Waals surface area contributed by atoms with Crippen LogP contribution in [0.2, 0.25) is 0 Å². The average molecular weight is 276 g/mol. The summed E-state index contributed by atoms with van der Waals surface area (Å²) in [7, 11) is 1.72. The first-order valence-electron chi connectivity index (χ1n) is 6.65. The van der Waals surface area contributed by atoms with Gasteiger partial charge in [0.15, 0.2) is 6.61 Å². The molecule has 0 radical (unpaired) electrons. The Kier molecular flexibility index (Phi) is 7.15. The topological polar surface area (TPSA) is 73.6 Å². The van der Waals surface area contributed by atoms with Gasteiger partial charge in [-0.2, -0.15) is 5.26 Å². The lowest BCUT2D eigenvalue weighted by molar-refractivity contribution is -0.132. The van der Waals surface area contributed by atoms with Crippen LogP contribution in [-0.4, -0.2) is 42.7 Å². The number of likely N-dealkylation sites (N-methyl/N-ethyl adjacent to an activating group) is 1. The highest BCUT2D eigenvalue weighted by molar-refractivity contribution is 5.77. The van der Waals surface area contributed by atoms with E-state index in [-0.39, 0.29) is 19.1 Å². The first-order chi connectivity index (χ1) is 9.69. The molecule has 5 nitrogen and oxygen atoms in total. The largest absolute Gasteiger partial charge is 0.482 e. The van der Waals surface area contributed by atoms with Gasteiger partial charge in [0.05, 0.1) is 5.56 Å². The van der Waals surface area contributed by atoms with Crippen LogP contribution in [0.3, 0.4) is 0 Å². The molecule has 0 aliphatic carbocycles. The SMILES string of the molecule is CN(CCCCCO)C(=O)COc1ccccc1C#N. The minimum Gasteiger partial charge on any atom is -0.482 e. The molecule has 0 aliphatic rings. The van der Waals surface area contributed by atoms with Crippen molar-refractivity contribution in [2.45, 2.75) is 19.3 Å². The van der Waals surface area contributed by atoms with Gasteiger partial charge in [-0.1, -0.05) is 12.1 Å². The third kappa shape index (κ3) is 5.29. The van der Waals surface area contributed by atoms with Gasteiger partial charge >= 0.3 is 0 Å². The highest BCUT2D eigenvalue weighted by Crippen LogP contribution is 2.16. The Balaban J connectivity index is 2.37. The first-order valence-corrected chi connectivity index (χ1v) is 6.65. The molecule has 0 atom stereocenters. The fourth-order valence-electron chi connectivity index (χ4n) is 1.70. The number of carbonyl (C=O) groups is 1. The standard InChI is InChI=1S/C15H20N2O3/c1-17(9-5-2-6-10-18)15(19)12-20-14-8-4-3-7-13(14)11-16/h3-4,7-8,18H,2,5-6,9-10,12H2,1H3. The van der Waals surface area contributed by atoms with Crippen LogP contribution in [0.15, 0.2) is 24.3 Å². The van der Waals surface area contributed by atoms with E-state index in [1.807, 2.05) is 6.07 Å². The predicted molar refractivity (Wildman–Crippen MR) is 75.2 cm³/mol. The Morgan fingerprint density at radius 3 is 2.80 bits per heavy atom. The van der Waals surface area contributed by atoms with Crippen LogP contribution in [0.25, 0.3) is 0 Å². The monoisotopic (exact) mass is 276 g/mol. The summed E-state index contributed by atoms with van der Waals surface area (Å²) in [5, 5.41) is 17.6. The van der Waals surface area contributed by atoms with E-state index in [2.05, 4.69) is 0 Å². The number of hydrogen-bond acceptors (Lipinski definition) is 4. The molecule has 0 bridgehead atoms. The minimum atomic E-state index is -0.123. The molecule has 20 heavy (non-hydrogen) atoms. The van der Waals surface area contributed by atoms with Crippen molar-refractivity contribution in [2.75, 3.05) is 26.8 Å². The number of ether oxygens (including phenoxy) is 1. The fraction of sp³-hybridized carbons (Fsp3) is 0.467. The summed E-state index contributed by atoms with van der Waals surface area (Å²) in [6, 6.07) is 8.86. The molecule has 108 valence electrons. The van der Waals surface area contributed by atoms with Gasteiger partial charge in [-0.15, -0.1) is 0 Å². The third-order valence-corrected chi connectivity index (χ3v) is 2.94. The van der Waals surface area contributed by atoms with Crippen LogP contribution in [0.1, 0.15) is 24.8 Å². The number of para-hydroxylation sites is 1. The predicted octanol–water partition coefficient (Wildman–Crippen LogP) is 1.56. The van der Waals surface area contributed by atoms with E-state index < -0.39 is 0 Å². The molecule has 0 aromatic heterocycles. The summed E-state index contributed by atoms with van der Waals surface area (Å²) in [6.07, 6.45) is 2.51. The van der Waals surface area contributed by atoms with Crippen LogP contribution in [-0.2, 0) is 4.79 Å². The van der Waals surface area contributed by atoms with E-state index in [4.69, 9.17) is 15.1 Å². The summed E-state index contributed by atoms with van der Waals surface area (Å²) in [5.41, 5.74) is 0.422. The number of amides is 1.